The van der Waals surface area contributed by atoms with Crippen molar-refractivity contribution in [2.24, 2.45) is 33.0 Å². The second kappa shape index (κ2) is 10.0. The van der Waals surface area contributed by atoms with Crippen molar-refractivity contribution >= 4 is 17.9 Å². The Morgan fingerprint density at radius 2 is 1.60 bits per heavy atom. The van der Waals surface area contributed by atoms with E-state index in [1.807, 2.05) is 13.8 Å². The summed E-state index contributed by atoms with van der Waals surface area (Å²) in [5.41, 5.74) is -3.12. The third-order valence-electron chi connectivity index (χ3n) is 9.48. The second-order valence-corrected chi connectivity index (χ2v) is 13.0. The highest BCUT2D eigenvalue weighted by atomic mass is 16.7. The van der Waals surface area contributed by atoms with E-state index >= 15 is 0 Å². The Morgan fingerprint density at radius 3 is 2.03 bits per heavy atom. The fourth-order valence-electron chi connectivity index (χ4n) is 6.63. The van der Waals surface area contributed by atoms with Crippen LogP contribution in [0.15, 0.2) is 0 Å². The van der Waals surface area contributed by atoms with E-state index in [1.165, 1.54) is 0 Å². The Bertz CT molecular complexity index is 815. The molecule has 0 heterocycles. The number of carboxylic acids is 1. The van der Waals surface area contributed by atoms with Gasteiger partial charge >= 0.3 is 17.9 Å². The Hall–Kier alpha value is -1.63. The molecule has 6 unspecified atom stereocenters. The van der Waals surface area contributed by atoms with Crippen molar-refractivity contribution < 1.29 is 33.7 Å². The quantitative estimate of drug-likeness (QED) is 0.262. The van der Waals surface area contributed by atoms with Crippen molar-refractivity contribution in [2.75, 3.05) is 6.61 Å². The molecule has 6 atom stereocenters. The first kappa shape index (κ1) is 29.6. The van der Waals surface area contributed by atoms with Crippen LogP contribution in [0.4, 0.5) is 0 Å². The van der Waals surface area contributed by atoms with Crippen LogP contribution in [0.1, 0.15) is 108 Å². The van der Waals surface area contributed by atoms with Crippen LogP contribution in [-0.4, -0.2) is 42.0 Å². The molecule has 0 aliphatic heterocycles. The van der Waals surface area contributed by atoms with Gasteiger partial charge in [0.25, 0.3) is 0 Å². The number of hydrogen-bond donors (Lipinski definition) is 1. The van der Waals surface area contributed by atoms with Crippen LogP contribution in [0, 0.1) is 33.0 Å². The Labute approximate surface area is 211 Å². The zero-order valence-corrected chi connectivity index (χ0v) is 23.6. The van der Waals surface area contributed by atoms with Gasteiger partial charge in [-0.05, 0) is 90.9 Å². The molecule has 2 rings (SSSR count). The zero-order valence-electron chi connectivity index (χ0n) is 23.6. The maximum Gasteiger partial charge on any atom is 0.314 e. The van der Waals surface area contributed by atoms with E-state index in [-0.39, 0.29) is 35.7 Å². The molecule has 0 amide bonds. The lowest BCUT2D eigenvalue weighted by molar-refractivity contribution is -0.191. The normalized spacial score (nSPS) is 29.7. The van der Waals surface area contributed by atoms with Crippen LogP contribution in [0.2, 0.25) is 0 Å². The molecule has 0 radical (unpaired) electrons. The summed E-state index contributed by atoms with van der Waals surface area (Å²) in [6, 6.07) is 0. The van der Waals surface area contributed by atoms with Gasteiger partial charge in [-0.3, -0.25) is 14.4 Å². The molecule has 2 aliphatic rings. The molecule has 2 bridgehead atoms. The third kappa shape index (κ3) is 5.70. The molecule has 0 aromatic heterocycles. The van der Waals surface area contributed by atoms with E-state index < -0.39 is 34.5 Å². The van der Waals surface area contributed by atoms with Gasteiger partial charge in [0.1, 0.15) is 6.10 Å². The SMILES string of the molecule is CCOC(C)OC(=O)C(C)(CC(C)(C)C(=O)O)CC(C)(CC)C(=O)OC1CC2(C)CCC1C2(C)C. The second-order valence-electron chi connectivity index (χ2n) is 13.0. The standard InChI is InChI=1S/C28H48O7/c1-11-26(8,22(31)35-20-15-28(10)14-13-19(20)25(28,6)7)17-27(9,16-24(4,5)21(29)30)23(32)34-18(3)33-12-2/h18-20H,11-17H2,1-10H3,(H,29,30). The molecule has 0 spiro atoms. The van der Waals surface area contributed by atoms with Gasteiger partial charge < -0.3 is 19.3 Å². The minimum Gasteiger partial charge on any atom is -0.481 e. The highest BCUT2D eigenvalue weighted by Gasteiger charge is 2.62. The summed E-state index contributed by atoms with van der Waals surface area (Å²) in [7, 11) is 0. The number of ether oxygens (including phenoxy) is 3. The van der Waals surface area contributed by atoms with E-state index in [1.54, 1.807) is 34.6 Å². The summed E-state index contributed by atoms with van der Waals surface area (Å²) in [5, 5.41) is 9.77. The van der Waals surface area contributed by atoms with Crippen LogP contribution in [0.25, 0.3) is 0 Å². The van der Waals surface area contributed by atoms with Crippen molar-refractivity contribution in [3.05, 3.63) is 0 Å². The molecular formula is C28H48O7. The molecule has 7 nitrogen and oxygen atoms in total. The topological polar surface area (TPSA) is 99.1 Å². The maximum atomic E-state index is 13.7. The fourth-order valence-corrected chi connectivity index (χ4v) is 6.63. The Morgan fingerprint density at radius 1 is 1.00 bits per heavy atom. The first-order chi connectivity index (χ1) is 15.9. The number of fused-ring (bicyclic) bond motifs is 2. The van der Waals surface area contributed by atoms with Gasteiger partial charge in [-0.25, -0.2) is 0 Å². The molecule has 0 saturated heterocycles. The number of rotatable bonds is 12. The highest BCUT2D eigenvalue weighted by molar-refractivity contribution is 5.82. The van der Waals surface area contributed by atoms with Crippen molar-refractivity contribution in [2.45, 2.75) is 120 Å². The maximum absolute atomic E-state index is 13.7. The number of esters is 2. The molecule has 2 aliphatic carbocycles. The van der Waals surface area contributed by atoms with Crippen molar-refractivity contribution in [1.82, 2.24) is 0 Å². The van der Waals surface area contributed by atoms with Gasteiger partial charge in [-0.2, -0.15) is 0 Å². The predicted molar refractivity (Wildman–Crippen MR) is 133 cm³/mol. The molecule has 2 saturated carbocycles. The molecule has 2 fully saturated rings. The van der Waals surface area contributed by atoms with Crippen LogP contribution < -0.4 is 0 Å². The van der Waals surface area contributed by atoms with Crippen molar-refractivity contribution in [1.29, 1.82) is 0 Å². The minimum atomic E-state index is -1.23. The fraction of sp³-hybridized carbons (Fsp3) is 0.893. The average Bonchev–Trinajstić information content (AvgIpc) is 3.06. The molecule has 0 aromatic rings. The van der Waals surface area contributed by atoms with Crippen LogP contribution in [-0.2, 0) is 28.6 Å². The van der Waals surface area contributed by atoms with Crippen molar-refractivity contribution in [3.8, 4) is 0 Å². The summed E-state index contributed by atoms with van der Waals surface area (Å²) in [4.78, 5) is 39.0. The van der Waals surface area contributed by atoms with Gasteiger partial charge in [0.2, 0.25) is 0 Å². The van der Waals surface area contributed by atoms with Crippen LogP contribution >= 0.6 is 0 Å². The zero-order chi connectivity index (χ0) is 27.0. The van der Waals surface area contributed by atoms with E-state index in [4.69, 9.17) is 14.2 Å². The number of carbonyl (C=O) groups is 3. The van der Waals surface area contributed by atoms with Crippen molar-refractivity contribution in [3.63, 3.8) is 0 Å². The smallest absolute Gasteiger partial charge is 0.314 e. The lowest BCUT2D eigenvalue weighted by Gasteiger charge is -2.40. The largest absolute Gasteiger partial charge is 0.481 e. The minimum absolute atomic E-state index is 0.0209. The third-order valence-corrected chi connectivity index (χ3v) is 9.48. The molecule has 35 heavy (non-hydrogen) atoms. The number of hydrogen-bond acceptors (Lipinski definition) is 6. The summed E-state index contributed by atoms with van der Waals surface area (Å²) in [6.45, 7) is 19.3. The van der Waals surface area contributed by atoms with E-state index in [9.17, 15) is 19.5 Å². The molecule has 0 aromatic carbocycles. The van der Waals surface area contributed by atoms with Crippen LogP contribution in [0.3, 0.4) is 0 Å². The van der Waals surface area contributed by atoms with Gasteiger partial charge in [0.15, 0.2) is 6.29 Å². The van der Waals surface area contributed by atoms with E-state index in [0.717, 1.165) is 19.3 Å². The lowest BCUT2D eigenvalue weighted by atomic mass is 9.65. The number of carbonyl (C=O) groups excluding carboxylic acids is 2. The monoisotopic (exact) mass is 496 g/mol. The van der Waals surface area contributed by atoms with E-state index in [0.29, 0.717) is 18.9 Å². The number of aliphatic carboxylic acids is 1. The van der Waals surface area contributed by atoms with Crippen LogP contribution in [0.5, 0.6) is 0 Å². The van der Waals surface area contributed by atoms with E-state index in [2.05, 4.69) is 20.8 Å². The summed E-state index contributed by atoms with van der Waals surface area (Å²) < 4.78 is 17.1. The summed E-state index contributed by atoms with van der Waals surface area (Å²) in [6.07, 6.45) is 2.76. The Balaban J connectivity index is 2.30. The van der Waals surface area contributed by atoms with Gasteiger partial charge in [0.05, 0.1) is 16.2 Å². The van der Waals surface area contributed by atoms with Gasteiger partial charge in [-0.15, -0.1) is 0 Å². The predicted octanol–water partition coefficient (Wildman–Crippen LogP) is 5.98. The number of carboxylic acid groups (broad SMARTS) is 1. The first-order valence-corrected chi connectivity index (χ1v) is 13.1. The van der Waals surface area contributed by atoms with Gasteiger partial charge in [0, 0.05) is 12.5 Å². The summed E-state index contributed by atoms with van der Waals surface area (Å²) >= 11 is 0. The summed E-state index contributed by atoms with van der Waals surface area (Å²) in [5.74, 6) is -1.56. The van der Waals surface area contributed by atoms with Gasteiger partial charge in [-0.1, -0.05) is 27.7 Å². The molecule has 7 heteroatoms. The molecule has 202 valence electrons. The first-order valence-electron chi connectivity index (χ1n) is 13.1. The average molecular weight is 497 g/mol. The lowest BCUT2D eigenvalue weighted by Crippen LogP contribution is -2.45. The Kier molecular flexibility index (Phi) is 8.48. The molecule has 1 N–H and O–H groups in total. The molecular weight excluding hydrogens is 448 g/mol. The highest BCUT2D eigenvalue weighted by Crippen LogP contribution is 2.66.